The predicted octanol–water partition coefficient (Wildman–Crippen LogP) is 3.48. The van der Waals surface area contributed by atoms with E-state index in [-0.39, 0.29) is 12.4 Å². The summed E-state index contributed by atoms with van der Waals surface area (Å²) in [6, 6.07) is 6.68. The van der Waals surface area contributed by atoms with E-state index in [4.69, 9.17) is 9.15 Å². The van der Waals surface area contributed by atoms with Gasteiger partial charge in [-0.05, 0) is 52.7 Å². The molecule has 6 heteroatoms. The average Bonchev–Trinajstić information content (AvgIpc) is 2.94. The molecule has 2 aromatic rings. The van der Waals surface area contributed by atoms with Gasteiger partial charge in [-0.15, -0.1) is 0 Å². The van der Waals surface area contributed by atoms with Crippen molar-refractivity contribution in [3.8, 4) is 0 Å². The van der Waals surface area contributed by atoms with E-state index in [1.807, 2.05) is 6.07 Å². The number of hydrogen-bond donors (Lipinski definition) is 2. The zero-order chi connectivity index (χ0) is 15.2. The van der Waals surface area contributed by atoms with Gasteiger partial charge in [0.1, 0.15) is 18.2 Å². The minimum atomic E-state index is -0.664. The first kappa shape index (κ1) is 16.0. The zero-order valence-electron chi connectivity index (χ0n) is 11.6. The number of aliphatic hydroxyl groups is 1. The van der Waals surface area contributed by atoms with Crippen LogP contribution in [0.15, 0.2) is 39.4 Å². The van der Waals surface area contributed by atoms with Gasteiger partial charge in [0.05, 0.1) is 23.4 Å². The summed E-state index contributed by atoms with van der Waals surface area (Å²) in [5.74, 6) is 0.411. The summed E-state index contributed by atoms with van der Waals surface area (Å²) in [5.41, 5.74) is 1.55. The Bertz CT molecular complexity index is 575. The van der Waals surface area contributed by atoms with Crippen molar-refractivity contribution in [1.29, 1.82) is 0 Å². The third-order valence-corrected chi connectivity index (χ3v) is 3.54. The molecule has 2 rings (SSSR count). The molecule has 1 aromatic heterocycles. The molecule has 0 aliphatic carbocycles. The topological polar surface area (TPSA) is 54.6 Å². The van der Waals surface area contributed by atoms with E-state index in [1.165, 1.54) is 6.07 Å². The summed E-state index contributed by atoms with van der Waals surface area (Å²) < 4.78 is 24.2. The molecule has 0 spiro atoms. The molecule has 0 saturated carbocycles. The van der Waals surface area contributed by atoms with Crippen LogP contribution in [-0.2, 0) is 11.3 Å². The van der Waals surface area contributed by atoms with Crippen LogP contribution in [0.25, 0.3) is 0 Å². The first-order chi connectivity index (χ1) is 10.1. The highest BCUT2D eigenvalue weighted by molar-refractivity contribution is 9.10. The number of furan rings is 1. The SMILES string of the molecule is Cc1cc(F)c(Br)cc1NCC(O)COCc1ccco1. The second kappa shape index (κ2) is 7.59. The molecule has 1 aromatic carbocycles. The molecule has 0 amide bonds. The number of anilines is 1. The summed E-state index contributed by atoms with van der Waals surface area (Å²) >= 11 is 3.14. The van der Waals surface area contributed by atoms with Gasteiger partial charge >= 0.3 is 0 Å². The molecule has 4 nitrogen and oxygen atoms in total. The number of benzene rings is 1. The highest BCUT2D eigenvalue weighted by atomic mass is 79.9. The fraction of sp³-hybridized carbons (Fsp3) is 0.333. The summed E-state index contributed by atoms with van der Waals surface area (Å²) in [6.07, 6.45) is 0.912. The first-order valence-electron chi connectivity index (χ1n) is 6.54. The number of nitrogens with one attached hydrogen (secondary N) is 1. The summed E-state index contributed by atoms with van der Waals surface area (Å²) in [7, 11) is 0. The van der Waals surface area contributed by atoms with Gasteiger partial charge in [0, 0.05) is 12.2 Å². The molecule has 2 N–H and O–H groups in total. The first-order valence-corrected chi connectivity index (χ1v) is 7.33. The third kappa shape index (κ3) is 4.84. The van der Waals surface area contributed by atoms with Crippen LogP contribution in [0.5, 0.6) is 0 Å². The smallest absolute Gasteiger partial charge is 0.137 e. The van der Waals surface area contributed by atoms with E-state index in [1.54, 1.807) is 25.3 Å². The van der Waals surface area contributed by atoms with Crippen LogP contribution in [0.1, 0.15) is 11.3 Å². The van der Waals surface area contributed by atoms with Crippen molar-refractivity contribution in [2.75, 3.05) is 18.5 Å². The monoisotopic (exact) mass is 357 g/mol. The van der Waals surface area contributed by atoms with Crippen molar-refractivity contribution in [3.05, 3.63) is 52.1 Å². The van der Waals surface area contributed by atoms with Crippen LogP contribution in [0, 0.1) is 12.7 Å². The Morgan fingerprint density at radius 1 is 1.48 bits per heavy atom. The minimum Gasteiger partial charge on any atom is -0.467 e. The van der Waals surface area contributed by atoms with Gasteiger partial charge in [0.2, 0.25) is 0 Å². The van der Waals surface area contributed by atoms with E-state index < -0.39 is 6.10 Å². The van der Waals surface area contributed by atoms with E-state index in [0.717, 1.165) is 11.3 Å². The van der Waals surface area contributed by atoms with Crippen LogP contribution in [0.3, 0.4) is 0 Å². The Kier molecular flexibility index (Phi) is 5.78. The van der Waals surface area contributed by atoms with Gasteiger partial charge in [-0.3, -0.25) is 0 Å². The van der Waals surface area contributed by atoms with E-state index >= 15 is 0 Å². The van der Waals surface area contributed by atoms with Gasteiger partial charge in [-0.25, -0.2) is 4.39 Å². The van der Waals surface area contributed by atoms with Crippen molar-refractivity contribution >= 4 is 21.6 Å². The van der Waals surface area contributed by atoms with Crippen LogP contribution in [-0.4, -0.2) is 24.4 Å². The van der Waals surface area contributed by atoms with E-state index in [2.05, 4.69) is 21.2 Å². The lowest BCUT2D eigenvalue weighted by Crippen LogP contribution is -2.25. The lowest BCUT2D eigenvalue weighted by atomic mass is 10.2. The Morgan fingerprint density at radius 3 is 3.00 bits per heavy atom. The molecule has 21 heavy (non-hydrogen) atoms. The molecule has 0 fully saturated rings. The largest absolute Gasteiger partial charge is 0.467 e. The van der Waals surface area contributed by atoms with Crippen molar-refractivity contribution < 1.29 is 18.7 Å². The standard InChI is InChI=1S/C15H17BrFNO3/c1-10-5-14(17)13(16)6-15(10)18-7-11(19)8-20-9-12-3-2-4-21-12/h2-6,11,18-19H,7-9H2,1H3. The molecule has 0 bridgehead atoms. The lowest BCUT2D eigenvalue weighted by Gasteiger charge is -2.15. The fourth-order valence-electron chi connectivity index (χ4n) is 1.81. The molecule has 0 aliphatic heterocycles. The summed E-state index contributed by atoms with van der Waals surface area (Å²) in [4.78, 5) is 0. The van der Waals surface area contributed by atoms with Gasteiger partial charge in [0.25, 0.3) is 0 Å². The quantitative estimate of drug-likeness (QED) is 0.796. The Balaban J connectivity index is 1.76. The lowest BCUT2D eigenvalue weighted by molar-refractivity contribution is 0.0282. The number of rotatable bonds is 7. The second-order valence-corrected chi connectivity index (χ2v) is 5.56. The molecular formula is C15H17BrFNO3. The highest BCUT2D eigenvalue weighted by Crippen LogP contribution is 2.24. The minimum absolute atomic E-state index is 0.190. The summed E-state index contributed by atoms with van der Waals surface area (Å²) in [5, 5.41) is 12.9. The second-order valence-electron chi connectivity index (χ2n) is 4.71. The van der Waals surface area contributed by atoms with E-state index in [9.17, 15) is 9.50 Å². The Morgan fingerprint density at radius 2 is 2.29 bits per heavy atom. The maximum absolute atomic E-state index is 13.3. The molecule has 0 aliphatic rings. The highest BCUT2D eigenvalue weighted by Gasteiger charge is 2.08. The predicted molar refractivity (Wildman–Crippen MR) is 81.7 cm³/mol. The molecule has 1 atom stereocenters. The number of aliphatic hydroxyl groups excluding tert-OH is 1. The van der Waals surface area contributed by atoms with Crippen molar-refractivity contribution in [3.63, 3.8) is 0 Å². The number of aryl methyl sites for hydroxylation is 1. The maximum Gasteiger partial charge on any atom is 0.137 e. The molecular weight excluding hydrogens is 341 g/mol. The molecule has 1 heterocycles. The summed E-state index contributed by atoms with van der Waals surface area (Å²) in [6.45, 7) is 2.63. The molecule has 0 saturated heterocycles. The normalized spacial score (nSPS) is 12.4. The van der Waals surface area contributed by atoms with Crippen molar-refractivity contribution in [2.45, 2.75) is 19.6 Å². The third-order valence-electron chi connectivity index (χ3n) is 2.93. The van der Waals surface area contributed by atoms with Gasteiger partial charge < -0.3 is 19.6 Å². The Hall–Kier alpha value is -1.37. The van der Waals surface area contributed by atoms with Gasteiger partial charge in [0.15, 0.2) is 0 Å². The average molecular weight is 358 g/mol. The molecule has 1 unspecified atom stereocenters. The zero-order valence-corrected chi connectivity index (χ0v) is 13.2. The van der Waals surface area contributed by atoms with Crippen LogP contribution in [0.2, 0.25) is 0 Å². The maximum atomic E-state index is 13.3. The van der Waals surface area contributed by atoms with E-state index in [0.29, 0.717) is 23.4 Å². The van der Waals surface area contributed by atoms with Gasteiger partial charge in [-0.2, -0.15) is 0 Å². The number of ether oxygens (including phenoxy) is 1. The van der Waals surface area contributed by atoms with Crippen LogP contribution >= 0.6 is 15.9 Å². The molecule has 0 radical (unpaired) electrons. The number of halogens is 2. The van der Waals surface area contributed by atoms with Crippen molar-refractivity contribution in [2.24, 2.45) is 0 Å². The fourth-order valence-corrected chi connectivity index (χ4v) is 2.16. The molecule has 114 valence electrons. The van der Waals surface area contributed by atoms with Crippen molar-refractivity contribution in [1.82, 2.24) is 0 Å². The number of hydrogen-bond acceptors (Lipinski definition) is 4. The Labute approximate surface area is 131 Å². The van der Waals surface area contributed by atoms with Gasteiger partial charge in [-0.1, -0.05) is 0 Å². The van der Waals surface area contributed by atoms with Crippen LogP contribution in [0.4, 0.5) is 10.1 Å². The van der Waals surface area contributed by atoms with Crippen LogP contribution < -0.4 is 5.32 Å².